The maximum absolute atomic E-state index is 10.7. The molecule has 0 aromatic carbocycles. The van der Waals surface area contributed by atoms with Crippen LogP contribution in [-0.2, 0) is 4.79 Å². The first kappa shape index (κ1) is 10.4. The molecule has 0 saturated heterocycles. The third kappa shape index (κ3) is 4.75. The molecule has 0 radical (unpaired) electrons. The van der Waals surface area contributed by atoms with Crippen molar-refractivity contribution in [3.8, 4) is 0 Å². The van der Waals surface area contributed by atoms with Gasteiger partial charge in [0.05, 0.1) is 6.10 Å². The van der Waals surface area contributed by atoms with Crippen molar-refractivity contribution in [2.24, 2.45) is 0 Å². The molecule has 0 aromatic rings. The fraction of sp³-hybridized carbons (Fsp3) is 0.857. The summed E-state index contributed by atoms with van der Waals surface area (Å²) in [5.74, 6) is -0.447. The predicted molar refractivity (Wildman–Crippen MR) is 41.0 cm³/mol. The van der Waals surface area contributed by atoms with Crippen molar-refractivity contribution in [3.63, 3.8) is 0 Å². The van der Waals surface area contributed by atoms with E-state index in [0.29, 0.717) is 6.42 Å². The van der Waals surface area contributed by atoms with Crippen molar-refractivity contribution >= 4 is 5.91 Å². The minimum absolute atomic E-state index is 0.209. The zero-order valence-corrected chi connectivity index (χ0v) is 6.87. The molecular formula is C7H15NO3. The van der Waals surface area contributed by atoms with Crippen LogP contribution in [0.25, 0.3) is 0 Å². The van der Waals surface area contributed by atoms with Crippen LogP contribution in [0.1, 0.15) is 20.3 Å². The lowest BCUT2D eigenvalue weighted by molar-refractivity contribution is -0.128. The molecule has 0 rings (SSSR count). The Bertz CT molecular complexity index is 125. The second kappa shape index (κ2) is 5.09. The molecule has 0 spiro atoms. The first-order valence-electron chi connectivity index (χ1n) is 3.71. The van der Waals surface area contributed by atoms with Gasteiger partial charge < -0.3 is 15.5 Å². The van der Waals surface area contributed by atoms with Crippen LogP contribution in [0.15, 0.2) is 0 Å². The molecule has 0 heterocycles. The Morgan fingerprint density at radius 1 is 1.55 bits per heavy atom. The lowest BCUT2D eigenvalue weighted by Gasteiger charge is -2.10. The zero-order chi connectivity index (χ0) is 8.85. The van der Waals surface area contributed by atoms with Crippen LogP contribution in [0.3, 0.4) is 0 Å². The van der Waals surface area contributed by atoms with E-state index < -0.39 is 18.1 Å². The van der Waals surface area contributed by atoms with Gasteiger partial charge in [0.25, 0.3) is 0 Å². The first-order chi connectivity index (χ1) is 5.07. The topological polar surface area (TPSA) is 69.6 Å². The van der Waals surface area contributed by atoms with Crippen LogP contribution in [0, 0.1) is 0 Å². The first-order valence-corrected chi connectivity index (χ1v) is 3.71. The van der Waals surface area contributed by atoms with E-state index in [0.717, 1.165) is 0 Å². The fourth-order valence-electron chi connectivity index (χ4n) is 0.510. The van der Waals surface area contributed by atoms with Crippen LogP contribution >= 0.6 is 0 Å². The fourth-order valence-corrected chi connectivity index (χ4v) is 0.510. The van der Waals surface area contributed by atoms with Gasteiger partial charge in [0.2, 0.25) is 5.91 Å². The van der Waals surface area contributed by atoms with Crippen LogP contribution < -0.4 is 5.32 Å². The Hall–Kier alpha value is -0.610. The summed E-state index contributed by atoms with van der Waals surface area (Å²) in [6.45, 7) is 3.41. The number of carbonyl (C=O) groups excluding carboxylic acids is 1. The molecule has 0 aliphatic carbocycles. The van der Waals surface area contributed by atoms with Crippen molar-refractivity contribution in [3.05, 3.63) is 0 Å². The predicted octanol–water partition coefficient (Wildman–Crippen LogP) is -0.746. The Labute approximate surface area is 66.2 Å². The number of rotatable bonds is 4. The smallest absolute Gasteiger partial charge is 0.248 e. The van der Waals surface area contributed by atoms with Gasteiger partial charge in [-0.05, 0) is 13.3 Å². The van der Waals surface area contributed by atoms with Crippen molar-refractivity contribution in [1.82, 2.24) is 5.32 Å². The van der Waals surface area contributed by atoms with Gasteiger partial charge in [-0.2, -0.15) is 0 Å². The molecule has 0 fully saturated rings. The van der Waals surface area contributed by atoms with E-state index in [1.54, 1.807) is 0 Å². The van der Waals surface area contributed by atoms with Gasteiger partial charge in [-0.25, -0.2) is 0 Å². The van der Waals surface area contributed by atoms with E-state index >= 15 is 0 Å². The Morgan fingerprint density at radius 2 is 2.09 bits per heavy atom. The normalized spacial score (nSPS) is 15.6. The van der Waals surface area contributed by atoms with Gasteiger partial charge >= 0.3 is 0 Å². The van der Waals surface area contributed by atoms with Gasteiger partial charge in [0, 0.05) is 6.54 Å². The molecule has 4 nitrogen and oxygen atoms in total. The molecular weight excluding hydrogens is 146 g/mol. The van der Waals surface area contributed by atoms with E-state index in [2.05, 4.69) is 5.32 Å². The molecule has 0 aromatic heterocycles. The monoisotopic (exact) mass is 161 g/mol. The molecule has 11 heavy (non-hydrogen) atoms. The summed E-state index contributed by atoms with van der Waals surface area (Å²) in [5.41, 5.74) is 0. The molecule has 1 amide bonds. The van der Waals surface area contributed by atoms with Crippen LogP contribution in [0.4, 0.5) is 0 Å². The Morgan fingerprint density at radius 3 is 2.45 bits per heavy atom. The second-order valence-electron chi connectivity index (χ2n) is 2.48. The van der Waals surface area contributed by atoms with E-state index in [4.69, 9.17) is 10.2 Å². The van der Waals surface area contributed by atoms with Gasteiger partial charge in [-0.3, -0.25) is 4.79 Å². The highest BCUT2D eigenvalue weighted by molar-refractivity contribution is 5.79. The van der Waals surface area contributed by atoms with Crippen LogP contribution in [0.2, 0.25) is 0 Å². The summed E-state index contributed by atoms with van der Waals surface area (Å²) in [5, 5.41) is 20.1. The highest BCUT2D eigenvalue weighted by Gasteiger charge is 2.09. The average Bonchev–Trinajstić information content (AvgIpc) is 1.99. The molecule has 0 aliphatic rings. The van der Waals surface area contributed by atoms with Crippen molar-refractivity contribution < 1.29 is 15.0 Å². The lowest BCUT2D eigenvalue weighted by atomic mass is 10.2. The SMILES string of the molecule is CC[C@@H](O)CNC(=O)[C@H](C)O. The van der Waals surface area contributed by atoms with E-state index in [9.17, 15) is 4.79 Å². The highest BCUT2D eigenvalue weighted by Crippen LogP contribution is 1.87. The Balaban J connectivity index is 3.46. The van der Waals surface area contributed by atoms with Crippen LogP contribution in [-0.4, -0.2) is 34.9 Å². The molecule has 0 bridgehead atoms. The van der Waals surface area contributed by atoms with Gasteiger partial charge in [0.1, 0.15) is 6.10 Å². The second-order valence-corrected chi connectivity index (χ2v) is 2.48. The van der Waals surface area contributed by atoms with Crippen molar-refractivity contribution in [1.29, 1.82) is 0 Å². The molecule has 2 atom stereocenters. The van der Waals surface area contributed by atoms with E-state index in [-0.39, 0.29) is 6.54 Å². The molecule has 4 heteroatoms. The summed E-state index contributed by atoms with van der Waals surface area (Å²) >= 11 is 0. The summed E-state index contributed by atoms with van der Waals surface area (Å²) in [7, 11) is 0. The maximum Gasteiger partial charge on any atom is 0.248 e. The quantitative estimate of drug-likeness (QED) is 0.508. The molecule has 66 valence electrons. The minimum atomic E-state index is -1.00. The number of carbonyl (C=O) groups is 1. The minimum Gasteiger partial charge on any atom is -0.391 e. The molecule has 0 saturated carbocycles. The molecule has 0 aliphatic heterocycles. The third-order valence-corrected chi connectivity index (χ3v) is 1.36. The van der Waals surface area contributed by atoms with E-state index in [1.165, 1.54) is 6.92 Å². The van der Waals surface area contributed by atoms with Crippen LogP contribution in [0.5, 0.6) is 0 Å². The number of aliphatic hydroxyl groups excluding tert-OH is 2. The number of nitrogens with one attached hydrogen (secondary N) is 1. The maximum atomic E-state index is 10.7. The highest BCUT2D eigenvalue weighted by atomic mass is 16.3. The summed E-state index contributed by atoms with van der Waals surface area (Å²) in [6.07, 6.45) is -0.920. The Kier molecular flexibility index (Phi) is 4.81. The molecule has 0 unspecified atom stereocenters. The largest absolute Gasteiger partial charge is 0.391 e. The average molecular weight is 161 g/mol. The summed E-state index contributed by atoms with van der Waals surface area (Å²) < 4.78 is 0. The van der Waals surface area contributed by atoms with Gasteiger partial charge in [0.15, 0.2) is 0 Å². The van der Waals surface area contributed by atoms with Crippen molar-refractivity contribution in [2.75, 3.05) is 6.54 Å². The number of aliphatic hydroxyl groups is 2. The molecule has 3 N–H and O–H groups in total. The van der Waals surface area contributed by atoms with E-state index in [1.807, 2.05) is 6.92 Å². The number of hydrogen-bond acceptors (Lipinski definition) is 3. The number of amides is 1. The standard InChI is InChI=1S/C7H15NO3/c1-3-6(10)4-8-7(11)5(2)9/h5-6,9-10H,3-4H2,1-2H3,(H,8,11)/t5-,6+/m0/s1. The summed E-state index contributed by atoms with van der Waals surface area (Å²) in [4.78, 5) is 10.7. The summed E-state index contributed by atoms with van der Waals surface area (Å²) in [6, 6.07) is 0. The van der Waals surface area contributed by atoms with Gasteiger partial charge in [-0.15, -0.1) is 0 Å². The lowest BCUT2D eigenvalue weighted by Crippen LogP contribution is -2.37. The van der Waals surface area contributed by atoms with Crippen molar-refractivity contribution in [2.45, 2.75) is 32.5 Å². The number of hydrogen-bond donors (Lipinski definition) is 3. The van der Waals surface area contributed by atoms with Gasteiger partial charge in [-0.1, -0.05) is 6.92 Å². The zero-order valence-electron chi connectivity index (χ0n) is 6.87. The third-order valence-electron chi connectivity index (χ3n) is 1.36.